The largest absolute Gasteiger partial charge is 0.464 e. The monoisotopic (exact) mass is 515 g/mol. The van der Waals surface area contributed by atoms with Crippen LogP contribution in [0.4, 0.5) is 0 Å². The van der Waals surface area contributed by atoms with Crippen LogP contribution < -0.4 is 4.74 Å². The van der Waals surface area contributed by atoms with E-state index in [1.165, 1.54) is 30.9 Å². The van der Waals surface area contributed by atoms with E-state index in [1.807, 2.05) is 48.5 Å². The van der Waals surface area contributed by atoms with Gasteiger partial charge in [0.1, 0.15) is 5.75 Å². The van der Waals surface area contributed by atoms with Crippen molar-refractivity contribution >= 4 is 29.2 Å². The molecular formula is C28H31Cl2NO4. The van der Waals surface area contributed by atoms with Crippen molar-refractivity contribution in [2.75, 3.05) is 34.4 Å². The normalized spacial score (nSPS) is 12.1. The number of halogens is 2. The first kappa shape index (κ1) is 27.0. The first-order valence-corrected chi connectivity index (χ1v) is 12.2. The molecule has 35 heavy (non-hydrogen) atoms. The second-order valence-electron chi connectivity index (χ2n) is 8.37. The number of nitrogens with zero attached hydrogens (tertiary/aromatic N) is 1. The molecule has 0 saturated carbocycles. The van der Waals surface area contributed by atoms with Gasteiger partial charge in [-0.25, -0.2) is 4.79 Å². The number of benzene rings is 3. The molecular weight excluding hydrogens is 485 g/mol. The highest BCUT2D eigenvalue weighted by atomic mass is 35.5. The number of likely N-dealkylation sites (N-methyl/N-ethyl adjacent to an activating group) is 1. The average Bonchev–Trinajstić information content (AvgIpc) is 2.87. The maximum Gasteiger partial charge on any atom is 0.376 e. The van der Waals surface area contributed by atoms with Crippen LogP contribution in [-0.4, -0.2) is 51.5 Å². The van der Waals surface area contributed by atoms with Crippen LogP contribution in [0.2, 0.25) is 10.0 Å². The molecule has 5 nitrogen and oxygen atoms in total. The standard InChI is InChI=1S/C28H31Cl2NO4/c1-31(18-4-5-20-6-16-25(17-7-20)35-28(34-3)27(32)33-2)19-26(21-8-12-23(29)13-9-21)22-10-14-24(30)15-11-22/h6-17,26,28H,4-5,18-19H2,1-3H3. The van der Waals surface area contributed by atoms with E-state index in [-0.39, 0.29) is 5.92 Å². The minimum Gasteiger partial charge on any atom is -0.464 e. The number of methoxy groups -OCH3 is 2. The number of hydrogen-bond donors (Lipinski definition) is 0. The van der Waals surface area contributed by atoms with Gasteiger partial charge in [0.2, 0.25) is 0 Å². The second kappa shape index (κ2) is 13.5. The summed E-state index contributed by atoms with van der Waals surface area (Å²) < 4.78 is 15.2. The number of aryl methyl sites for hydroxylation is 1. The van der Waals surface area contributed by atoms with Gasteiger partial charge in [0.05, 0.1) is 7.11 Å². The highest BCUT2D eigenvalue weighted by Gasteiger charge is 2.20. The lowest BCUT2D eigenvalue weighted by Gasteiger charge is -2.25. The van der Waals surface area contributed by atoms with Gasteiger partial charge in [-0.3, -0.25) is 0 Å². The number of carbonyl (C=O) groups is 1. The highest BCUT2D eigenvalue weighted by Crippen LogP contribution is 2.28. The highest BCUT2D eigenvalue weighted by molar-refractivity contribution is 6.30. The summed E-state index contributed by atoms with van der Waals surface area (Å²) in [6, 6.07) is 23.8. The fourth-order valence-corrected chi connectivity index (χ4v) is 4.15. The molecule has 0 bridgehead atoms. The quantitative estimate of drug-likeness (QED) is 0.212. The number of carbonyl (C=O) groups excluding carboxylic acids is 1. The second-order valence-corrected chi connectivity index (χ2v) is 9.25. The van der Waals surface area contributed by atoms with Gasteiger partial charge in [-0.1, -0.05) is 59.6 Å². The molecule has 1 atom stereocenters. The summed E-state index contributed by atoms with van der Waals surface area (Å²) in [6.45, 7) is 1.83. The Bertz CT molecular complexity index is 1010. The molecule has 0 saturated heterocycles. The molecule has 0 amide bonds. The molecule has 0 fully saturated rings. The summed E-state index contributed by atoms with van der Waals surface area (Å²) in [5, 5.41) is 1.47. The van der Waals surface area contributed by atoms with Gasteiger partial charge in [-0.2, -0.15) is 0 Å². The van der Waals surface area contributed by atoms with E-state index >= 15 is 0 Å². The summed E-state index contributed by atoms with van der Waals surface area (Å²) in [4.78, 5) is 14.0. The van der Waals surface area contributed by atoms with Gasteiger partial charge >= 0.3 is 5.97 Å². The van der Waals surface area contributed by atoms with Crippen LogP contribution in [0.15, 0.2) is 72.8 Å². The predicted octanol–water partition coefficient (Wildman–Crippen LogP) is 6.21. The summed E-state index contributed by atoms with van der Waals surface area (Å²) in [5.74, 6) is 0.196. The van der Waals surface area contributed by atoms with Gasteiger partial charge in [0.15, 0.2) is 0 Å². The van der Waals surface area contributed by atoms with Crippen molar-refractivity contribution < 1.29 is 19.0 Å². The van der Waals surface area contributed by atoms with E-state index in [0.29, 0.717) is 5.75 Å². The molecule has 0 aliphatic heterocycles. The van der Waals surface area contributed by atoms with Crippen LogP contribution in [0.25, 0.3) is 0 Å². The molecule has 0 aliphatic carbocycles. The van der Waals surface area contributed by atoms with Gasteiger partial charge in [-0.15, -0.1) is 0 Å². The summed E-state index contributed by atoms with van der Waals surface area (Å²) in [7, 11) is 4.84. The third-order valence-corrected chi connectivity index (χ3v) is 6.32. The first-order chi connectivity index (χ1) is 16.9. The summed E-state index contributed by atoms with van der Waals surface area (Å²) in [5.41, 5.74) is 3.64. The minimum absolute atomic E-state index is 0.217. The lowest BCUT2D eigenvalue weighted by Crippen LogP contribution is -2.30. The molecule has 3 aromatic carbocycles. The van der Waals surface area contributed by atoms with Crippen LogP contribution in [0.1, 0.15) is 29.0 Å². The molecule has 186 valence electrons. The Balaban J connectivity index is 1.55. The van der Waals surface area contributed by atoms with Crippen molar-refractivity contribution in [1.82, 2.24) is 4.90 Å². The van der Waals surface area contributed by atoms with Crippen LogP contribution in [-0.2, 0) is 20.7 Å². The molecule has 3 rings (SSSR count). The number of rotatable bonds is 12. The molecule has 3 aromatic rings. The van der Waals surface area contributed by atoms with Crippen LogP contribution in [0.5, 0.6) is 5.75 Å². The van der Waals surface area contributed by atoms with E-state index in [2.05, 4.69) is 40.9 Å². The van der Waals surface area contributed by atoms with Gasteiger partial charge in [0, 0.05) is 29.6 Å². The third-order valence-electron chi connectivity index (χ3n) is 5.82. The predicted molar refractivity (Wildman–Crippen MR) is 140 cm³/mol. The molecule has 0 N–H and O–H groups in total. The first-order valence-electron chi connectivity index (χ1n) is 11.4. The maximum absolute atomic E-state index is 11.6. The van der Waals surface area contributed by atoms with E-state index in [1.54, 1.807) is 0 Å². The lowest BCUT2D eigenvalue weighted by molar-refractivity contribution is -0.170. The van der Waals surface area contributed by atoms with Crippen LogP contribution in [0.3, 0.4) is 0 Å². The Hall–Kier alpha value is -2.57. The van der Waals surface area contributed by atoms with Crippen molar-refractivity contribution in [3.05, 3.63) is 99.5 Å². The topological polar surface area (TPSA) is 48.0 Å². The molecule has 0 heterocycles. The maximum atomic E-state index is 11.6. The van der Waals surface area contributed by atoms with E-state index < -0.39 is 12.3 Å². The summed E-state index contributed by atoms with van der Waals surface area (Å²) >= 11 is 12.2. The molecule has 7 heteroatoms. The molecule has 0 radical (unpaired) electrons. The fourth-order valence-electron chi connectivity index (χ4n) is 3.90. The number of esters is 1. The third kappa shape index (κ3) is 8.25. The Labute approximate surface area is 217 Å². The zero-order valence-corrected chi connectivity index (χ0v) is 21.8. The Morgan fingerprint density at radius 3 is 1.89 bits per heavy atom. The minimum atomic E-state index is -1.08. The van der Waals surface area contributed by atoms with Crippen LogP contribution >= 0.6 is 23.2 Å². The molecule has 0 spiro atoms. The Kier molecular flexibility index (Phi) is 10.4. The lowest BCUT2D eigenvalue weighted by atomic mass is 9.91. The van der Waals surface area contributed by atoms with Gasteiger partial charge in [-0.05, 0) is 79.5 Å². The van der Waals surface area contributed by atoms with Crippen molar-refractivity contribution in [2.24, 2.45) is 0 Å². The van der Waals surface area contributed by atoms with E-state index in [0.717, 1.165) is 36.0 Å². The van der Waals surface area contributed by atoms with Gasteiger partial charge in [0.25, 0.3) is 6.29 Å². The fraction of sp³-hybridized carbons (Fsp3) is 0.321. The average molecular weight is 516 g/mol. The van der Waals surface area contributed by atoms with E-state index in [4.69, 9.17) is 32.7 Å². The molecule has 0 aromatic heterocycles. The molecule has 1 unspecified atom stereocenters. The Morgan fingerprint density at radius 2 is 1.40 bits per heavy atom. The SMILES string of the molecule is COC(=O)C(OC)Oc1ccc(CCCN(C)CC(c2ccc(Cl)cc2)c2ccc(Cl)cc2)cc1. The van der Waals surface area contributed by atoms with Crippen molar-refractivity contribution in [2.45, 2.75) is 25.0 Å². The Morgan fingerprint density at radius 1 is 0.857 bits per heavy atom. The zero-order valence-electron chi connectivity index (χ0n) is 20.2. The smallest absolute Gasteiger partial charge is 0.376 e. The van der Waals surface area contributed by atoms with Crippen molar-refractivity contribution in [3.63, 3.8) is 0 Å². The number of hydrogen-bond acceptors (Lipinski definition) is 5. The summed E-state index contributed by atoms with van der Waals surface area (Å²) in [6.07, 6.45) is 0.865. The van der Waals surface area contributed by atoms with Crippen LogP contribution in [0, 0.1) is 0 Å². The zero-order chi connectivity index (χ0) is 25.2. The number of ether oxygens (including phenoxy) is 3. The van der Waals surface area contributed by atoms with Gasteiger partial charge < -0.3 is 19.1 Å². The van der Waals surface area contributed by atoms with Crippen molar-refractivity contribution in [1.29, 1.82) is 0 Å². The van der Waals surface area contributed by atoms with Crippen molar-refractivity contribution in [3.8, 4) is 5.75 Å². The molecule has 0 aliphatic rings. The van der Waals surface area contributed by atoms with E-state index in [9.17, 15) is 4.79 Å².